The van der Waals surface area contributed by atoms with Gasteiger partial charge < -0.3 is 0 Å². The van der Waals surface area contributed by atoms with E-state index in [1.807, 2.05) is 28.8 Å². The predicted molar refractivity (Wildman–Crippen MR) is 62.2 cm³/mol. The van der Waals surface area contributed by atoms with Crippen molar-refractivity contribution >= 4 is 5.65 Å². The normalized spacial score (nSPS) is 11.1. The molecule has 0 aliphatic heterocycles. The third-order valence-corrected chi connectivity index (χ3v) is 2.66. The Hall–Kier alpha value is -2.10. The lowest BCUT2D eigenvalue weighted by Gasteiger charge is -1.96. The van der Waals surface area contributed by atoms with Gasteiger partial charge in [0.2, 0.25) is 0 Å². The van der Waals surface area contributed by atoms with Gasteiger partial charge in [0.1, 0.15) is 0 Å². The van der Waals surface area contributed by atoms with E-state index in [1.54, 1.807) is 0 Å². The quantitative estimate of drug-likeness (QED) is 0.708. The molecule has 0 bridgehead atoms. The first-order valence-corrected chi connectivity index (χ1v) is 5.37. The summed E-state index contributed by atoms with van der Waals surface area (Å²) in [5, 5.41) is 11.5. The van der Waals surface area contributed by atoms with Gasteiger partial charge in [0.25, 0.3) is 0 Å². The van der Waals surface area contributed by atoms with Crippen molar-refractivity contribution in [2.75, 3.05) is 0 Å². The number of rotatable bonds is 2. The number of aryl methyl sites for hydroxylation is 1. The van der Waals surface area contributed by atoms with E-state index in [-0.39, 0.29) is 0 Å². The number of H-pyrrole nitrogens is 1. The molecule has 80 valence electrons. The highest BCUT2D eigenvalue weighted by molar-refractivity contribution is 5.63. The predicted octanol–water partition coefficient (Wildman–Crippen LogP) is 2.29. The van der Waals surface area contributed by atoms with E-state index >= 15 is 0 Å². The average molecular weight is 212 g/mol. The van der Waals surface area contributed by atoms with Crippen molar-refractivity contribution < 1.29 is 0 Å². The van der Waals surface area contributed by atoms with Crippen LogP contribution in [0.2, 0.25) is 0 Å². The zero-order valence-corrected chi connectivity index (χ0v) is 9.01. The maximum absolute atomic E-state index is 4.12. The Labute approximate surface area is 92.9 Å². The Morgan fingerprint density at radius 3 is 2.75 bits per heavy atom. The number of fused-ring (bicyclic) bond motifs is 1. The molecule has 3 aromatic rings. The van der Waals surface area contributed by atoms with Crippen LogP contribution in [0.3, 0.4) is 0 Å². The minimum absolute atomic E-state index is 0.871. The van der Waals surface area contributed by atoms with Gasteiger partial charge in [-0.2, -0.15) is 0 Å². The Balaban J connectivity index is 2.16. The van der Waals surface area contributed by atoms with Gasteiger partial charge >= 0.3 is 0 Å². The molecule has 1 N–H and O–H groups in total. The van der Waals surface area contributed by atoms with E-state index in [1.165, 1.54) is 0 Å². The molecule has 3 rings (SSSR count). The minimum atomic E-state index is 0.871. The van der Waals surface area contributed by atoms with Crippen LogP contribution in [-0.2, 0) is 6.42 Å². The summed E-state index contributed by atoms with van der Waals surface area (Å²) in [6.45, 7) is 2.07. The van der Waals surface area contributed by atoms with Crippen molar-refractivity contribution in [3.63, 3.8) is 0 Å². The SMILES string of the molecule is CCc1nnc2cc(-c3ccccc3)[nH]n12. The number of benzene rings is 1. The van der Waals surface area contributed by atoms with Crippen molar-refractivity contribution in [3.8, 4) is 11.3 Å². The van der Waals surface area contributed by atoms with Crippen LogP contribution in [0.5, 0.6) is 0 Å². The zero-order chi connectivity index (χ0) is 11.0. The molecule has 0 aliphatic rings. The third kappa shape index (κ3) is 1.31. The zero-order valence-electron chi connectivity index (χ0n) is 9.01. The van der Waals surface area contributed by atoms with Gasteiger partial charge in [0, 0.05) is 12.5 Å². The van der Waals surface area contributed by atoms with E-state index in [4.69, 9.17) is 0 Å². The van der Waals surface area contributed by atoms with Crippen molar-refractivity contribution in [2.24, 2.45) is 0 Å². The molecule has 0 saturated carbocycles. The Morgan fingerprint density at radius 1 is 1.19 bits per heavy atom. The second-order valence-electron chi connectivity index (χ2n) is 3.70. The van der Waals surface area contributed by atoms with Crippen molar-refractivity contribution in [1.82, 2.24) is 19.8 Å². The van der Waals surface area contributed by atoms with E-state index in [0.29, 0.717) is 0 Å². The second-order valence-corrected chi connectivity index (χ2v) is 3.70. The summed E-state index contributed by atoms with van der Waals surface area (Å²) in [7, 11) is 0. The van der Waals surface area contributed by atoms with Gasteiger partial charge in [-0.25, -0.2) is 4.52 Å². The van der Waals surface area contributed by atoms with Crippen LogP contribution in [0, 0.1) is 0 Å². The molecule has 0 amide bonds. The molecule has 0 saturated heterocycles. The maximum atomic E-state index is 4.12. The third-order valence-electron chi connectivity index (χ3n) is 2.66. The standard InChI is InChI=1S/C12H12N4/c1-2-11-13-14-12-8-10(15-16(11)12)9-6-4-3-5-7-9/h3-8,15H,2H2,1H3. The molecule has 0 atom stereocenters. The van der Waals surface area contributed by atoms with Crippen LogP contribution in [-0.4, -0.2) is 19.8 Å². The van der Waals surface area contributed by atoms with Gasteiger partial charge in [0.15, 0.2) is 11.5 Å². The van der Waals surface area contributed by atoms with E-state index in [2.05, 4.69) is 34.4 Å². The summed E-state index contributed by atoms with van der Waals surface area (Å²) in [6, 6.07) is 12.2. The van der Waals surface area contributed by atoms with Crippen molar-refractivity contribution in [1.29, 1.82) is 0 Å². The number of aromatic amines is 1. The first-order valence-electron chi connectivity index (χ1n) is 5.37. The monoisotopic (exact) mass is 212 g/mol. The molecule has 0 aliphatic carbocycles. The Kier molecular flexibility index (Phi) is 1.99. The number of nitrogens with zero attached hydrogens (tertiary/aromatic N) is 3. The first-order chi connectivity index (χ1) is 7.88. The van der Waals surface area contributed by atoms with E-state index in [9.17, 15) is 0 Å². The highest BCUT2D eigenvalue weighted by Gasteiger charge is 2.07. The van der Waals surface area contributed by atoms with E-state index < -0.39 is 0 Å². The molecule has 4 nitrogen and oxygen atoms in total. The molecule has 4 heteroatoms. The summed E-state index contributed by atoms with van der Waals surface area (Å²) in [5.41, 5.74) is 3.10. The highest BCUT2D eigenvalue weighted by atomic mass is 15.4. The molecule has 2 aromatic heterocycles. The van der Waals surface area contributed by atoms with Gasteiger partial charge in [-0.1, -0.05) is 37.3 Å². The first kappa shape index (κ1) is 9.15. The number of hydrogen-bond donors (Lipinski definition) is 1. The largest absolute Gasteiger partial charge is 0.290 e. The molecule has 2 heterocycles. The molecule has 16 heavy (non-hydrogen) atoms. The van der Waals surface area contributed by atoms with Crippen LogP contribution in [0.4, 0.5) is 0 Å². The van der Waals surface area contributed by atoms with Gasteiger partial charge in [-0.15, -0.1) is 10.2 Å². The Bertz CT molecular complexity index is 606. The number of hydrogen-bond acceptors (Lipinski definition) is 2. The van der Waals surface area contributed by atoms with Crippen LogP contribution >= 0.6 is 0 Å². The van der Waals surface area contributed by atoms with Gasteiger partial charge in [-0.3, -0.25) is 5.10 Å². The van der Waals surface area contributed by atoms with Crippen LogP contribution in [0.1, 0.15) is 12.7 Å². The summed E-state index contributed by atoms with van der Waals surface area (Å²) >= 11 is 0. The molecule has 0 unspecified atom stereocenters. The molecular formula is C12H12N4. The lowest BCUT2D eigenvalue weighted by atomic mass is 10.2. The van der Waals surface area contributed by atoms with Gasteiger partial charge in [-0.05, 0) is 5.56 Å². The topological polar surface area (TPSA) is 46.0 Å². The van der Waals surface area contributed by atoms with Crippen molar-refractivity contribution in [2.45, 2.75) is 13.3 Å². The highest BCUT2D eigenvalue weighted by Crippen LogP contribution is 2.18. The lowest BCUT2D eigenvalue weighted by Crippen LogP contribution is -1.93. The molecule has 0 radical (unpaired) electrons. The van der Waals surface area contributed by atoms with Crippen molar-refractivity contribution in [3.05, 3.63) is 42.2 Å². The van der Waals surface area contributed by atoms with Crippen LogP contribution < -0.4 is 0 Å². The lowest BCUT2D eigenvalue weighted by molar-refractivity contribution is 0.837. The van der Waals surface area contributed by atoms with E-state index in [0.717, 1.165) is 29.1 Å². The fourth-order valence-electron chi connectivity index (χ4n) is 1.82. The Morgan fingerprint density at radius 2 is 2.00 bits per heavy atom. The maximum Gasteiger partial charge on any atom is 0.177 e. The fraction of sp³-hybridized carbons (Fsp3) is 0.167. The second kappa shape index (κ2) is 3.48. The summed E-state index contributed by atoms with van der Waals surface area (Å²) in [6.07, 6.45) is 0.871. The van der Waals surface area contributed by atoms with Gasteiger partial charge in [0.05, 0.1) is 5.69 Å². The number of aromatic nitrogens is 4. The molecule has 0 spiro atoms. The summed E-state index contributed by atoms with van der Waals surface area (Å²) in [4.78, 5) is 0. The summed E-state index contributed by atoms with van der Waals surface area (Å²) in [5.74, 6) is 0.956. The average Bonchev–Trinajstić information content (AvgIpc) is 2.89. The van der Waals surface area contributed by atoms with Crippen LogP contribution in [0.15, 0.2) is 36.4 Å². The molecule has 1 aromatic carbocycles. The van der Waals surface area contributed by atoms with Crippen LogP contribution in [0.25, 0.3) is 16.9 Å². The fourth-order valence-corrected chi connectivity index (χ4v) is 1.82. The molecule has 0 fully saturated rings. The molecular weight excluding hydrogens is 200 g/mol. The minimum Gasteiger partial charge on any atom is -0.290 e. The number of nitrogens with one attached hydrogen (secondary N) is 1. The smallest absolute Gasteiger partial charge is 0.177 e. The summed E-state index contributed by atoms with van der Waals surface area (Å²) < 4.78 is 1.93.